The Morgan fingerprint density at radius 2 is 2.08 bits per heavy atom. The van der Waals surface area contributed by atoms with E-state index in [9.17, 15) is 4.79 Å². The average Bonchev–Trinajstić information content (AvgIpc) is 1.97. The van der Waals surface area contributed by atoms with Crippen molar-refractivity contribution in [2.24, 2.45) is 17.3 Å². The van der Waals surface area contributed by atoms with Crippen LogP contribution in [0.1, 0.15) is 40.0 Å². The summed E-state index contributed by atoms with van der Waals surface area (Å²) >= 11 is 0. The van der Waals surface area contributed by atoms with Gasteiger partial charge in [-0.25, -0.2) is 0 Å². The van der Waals surface area contributed by atoms with Crippen LogP contribution >= 0.6 is 0 Å². The van der Waals surface area contributed by atoms with Gasteiger partial charge in [0.1, 0.15) is 0 Å². The lowest BCUT2D eigenvalue weighted by atomic mass is 9.65. The Kier molecular flexibility index (Phi) is 2.45. The van der Waals surface area contributed by atoms with E-state index in [1.54, 1.807) is 0 Å². The summed E-state index contributed by atoms with van der Waals surface area (Å²) in [6.45, 7) is 6.15. The number of hydrogen-bond donors (Lipinski definition) is 1. The second kappa shape index (κ2) is 3.08. The van der Waals surface area contributed by atoms with Gasteiger partial charge in [0, 0.05) is 0 Å². The highest BCUT2D eigenvalue weighted by atomic mass is 16.4. The van der Waals surface area contributed by atoms with Gasteiger partial charge in [0.05, 0.1) is 5.41 Å². The minimum Gasteiger partial charge on any atom is -0.481 e. The Labute approximate surface area is 74.0 Å². The second-order valence-corrected chi connectivity index (χ2v) is 4.50. The van der Waals surface area contributed by atoms with E-state index in [0.717, 1.165) is 19.3 Å². The largest absolute Gasteiger partial charge is 0.481 e. The normalized spacial score (nSPS) is 42.6. The Balaban J connectivity index is 2.72. The maximum atomic E-state index is 11.0. The number of aliphatic carboxylic acids is 1. The molecule has 0 unspecified atom stereocenters. The lowest BCUT2D eigenvalue weighted by molar-refractivity contribution is -0.153. The van der Waals surface area contributed by atoms with Crippen molar-refractivity contribution < 1.29 is 9.90 Å². The molecule has 0 radical (unpaired) electrons. The van der Waals surface area contributed by atoms with Crippen molar-refractivity contribution in [3.8, 4) is 0 Å². The van der Waals surface area contributed by atoms with Gasteiger partial charge in [-0.3, -0.25) is 4.79 Å². The van der Waals surface area contributed by atoms with Crippen molar-refractivity contribution in [3.63, 3.8) is 0 Å². The number of rotatable bonds is 1. The summed E-state index contributed by atoms with van der Waals surface area (Å²) in [7, 11) is 0. The van der Waals surface area contributed by atoms with Crippen molar-refractivity contribution in [2.45, 2.75) is 40.0 Å². The van der Waals surface area contributed by atoms with E-state index in [-0.39, 0.29) is 0 Å². The van der Waals surface area contributed by atoms with Crippen LogP contribution in [0.15, 0.2) is 0 Å². The summed E-state index contributed by atoms with van der Waals surface area (Å²) in [6.07, 6.45) is 2.96. The summed E-state index contributed by atoms with van der Waals surface area (Å²) < 4.78 is 0. The van der Waals surface area contributed by atoms with Gasteiger partial charge in [0.15, 0.2) is 0 Å². The molecule has 1 aliphatic rings. The van der Waals surface area contributed by atoms with Crippen molar-refractivity contribution >= 4 is 5.97 Å². The zero-order valence-electron chi connectivity index (χ0n) is 8.13. The first-order valence-corrected chi connectivity index (χ1v) is 4.70. The Morgan fingerprint density at radius 3 is 2.50 bits per heavy atom. The first kappa shape index (κ1) is 9.56. The Bertz CT molecular complexity index is 188. The fraction of sp³-hybridized carbons (Fsp3) is 0.900. The van der Waals surface area contributed by atoms with Crippen LogP contribution in [-0.2, 0) is 4.79 Å². The summed E-state index contributed by atoms with van der Waals surface area (Å²) in [5.41, 5.74) is -0.466. The van der Waals surface area contributed by atoms with Crippen LogP contribution < -0.4 is 0 Å². The third kappa shape index (κ3) is 1.47. The number of carbonyl (C=O) groups is 1. The molecule has 0 aromatic heterocycles. The van der Waals surface area contributed by atoms with Gasteiger partial charge in [0.2, 0.25) is 0 Å². The summed E-state index contributed by atoms with van der Waals surface area (Å²) in [5.74, 6) is 0.396. The predicted molar refractivity (Wildman–Crippen MR) is 47.9 cm³/mol. The topological polar surface area (TPSA) is 37.3 Å². The molecule has 0 saturated heterocycles. The van der Waals surface area contributed by atoms with Gasteiger partial charge < -0.3 is 5.11 Å². The molecule has 1 fully saturated rings. The molecule has 0 aliphatic heterocycles. The molecule has 0 aromatic carbocycles. The molecular weight excluding hydrogens is 152 g/mol. The fourth-order valence-electron chi connectivity index (χ4n) is 2.09. The van der Waals surface area contributed by atoms with Crippen molar-refractivity contribution in [2.75, 3.05) is 0 Å². The molecule has 0 aromatic rings. The number of carboxylic acid groups (broad SMARTS) is 1. The monoisotopic (exact) mass is 170 g/mol. The zero-order chi connectivity index (χ0) is 9.35. The SMILES string of the molecule is C[C@@H]1CC[C@](C)(C(=O)O)[C@@H](C)C1. The van der Waals surface area contributed by atoms with E-state index >= 15 is 0 Å². The fourth-order valence-corrected chi connectivity index (χ4v) is 2.09. The molecule has 0 bridgehead atoms. The molecule has 0 spiro atoms. The smallest absolute Gasteiger partial charge is 0.309 e. The van der Waals surface area contributed by atoms with Gasteiger partial charge in [-0.15, -0.1) is 0 Å². The van der Waals surface area contributed by atoms with Gasteiger partial charge in [-0.05, 0) is 38.0 Å². The van der Waals surface area contributed by atoms with Crippen LogP contribution in [0.5, 0.6) is 0 Å². The maximum Gasteiger partial charge on any atom is 0.309 e. The molecule has 1 aliphatic carbocycles. The summed E-state index contributed by atoms with van der Waals surface area (Å²) in [5, 5.41) is 9.05. The first-order valence-electron chi connectivity index (χ1n) is 4.70. The first-order chi connectivity index (χ1) is 5.47. The Morgan fingerprint density at radius 1 is 1.50 bits per heavy atom. The molecule has 70 valence electrons. The van der Waals surface area contributed by atoms with Crippen LogP contribution in [-0.4, -0.2) is 11.1 Å². The lowest BCUT2D eigenvalue weighted by Crippen LogP contribution is -2.38. The molecule has 1 N–H and O–H groups in total. The minimum absolute atomic E-state index is 0.318. The summed E-state index contributed by atoms with van der Waals surface area (Å²) in [6, 6.07) is 0. The molecule has 1 saturated carbocycles. The highest BCUT2D eigenvalue weighted by Gasteiger charge is 2.42. The lowest BCUT2D eigenvalue weighted by Gasteiger charge is -2.38. The van der Waals surface area contributed by atoms with E-state index in [1.165, 1.54) is 0 Å². The van der Waals surface area contributed by atoms with Crippen LogP contribution in [0, 0.1) is 17.3 Å². The van der Waals surface area contributed by atoms with Crippen LogP contribution in [0.2, 0.25) is 0 Å². The van der Waals surface area contributed by atoms with Gasteiger partial charge in [-0.1, -0.05) is 13.8 Å². The van der Waals surface area contributed by atoms with E-state index < -0.39 is 11.4 Å². The van der Waals surface area contributed by atoms with E-state index in [1.807, 2.05) is 6.92 Å². The maximum absolute atomic E-state index is 11.0. The van der Waals surface area contributed by atoms with Crippen molar-refractivity contribution in [3.05, 3.63) is 0 Å². The zero-order valence-corrected chi connectivity index (χ0v) is 8.13. The van der Waals surface area contributed by atoms with Crippen LogP contribution in [0.3, 0.4) is 0 Å². The van der Waals surface area contributed by atoms with Gasteiger partial charge >= 0.3 is 5.97 Å². The van der Waals surface area contributed by atoms with Crippen molar-refractivity contribution in [1.29, 1.82) is 0 Å². The number of carboxylic acids is 1. The quantitative estimate of drug-likeness (QED) is 0.656. The standard InChI is InChI=1S/C10H18O2/c1-7-4-5-10(3,9(11)12)8(2)6-7/h7-8H,4-6H2,1-3H3,(H,11,12)/t7-,8+,10+/m1/s1. The molecule has 2 nitrogen and oxygen atoms in total. The van der Waals surface area contributed by atoms with E-state index in [4.69, 9.17) is 5.11 Å². The van der Waals surface area contributed by atoms with Gasteiger partial charge in [-0.2, -0.15) is 0 Å². The molecular formula is C10H18O2. The minimum atomic E-state index is -0.623. The molecule has 3 atom stereocenters. The third-order valence-electron chi connectivity index (χ3n) is 3.49. The third-order valence-corrected chi connectivity index (χ3v) is 3.49. The Hall–Kier alpha value is -0.530. The second-order valence-electron chi connectivity index (χ2n) is 4.50. The van der Waals surface area contributed by atoms with E-state index in [0.29, 0.717) is 11.8 Å². The number of hydrogen-bond acceptors (Lipinski definition) is 1. The van der Waals surface area contributed by atoms with Crippen LogP contribution in [0.25, 0.3) is 0 Å². The molecule has 0 heterocycles. The highest BCUT2D eigenvalue weighted by Crippen LogP contribution is 2.43. The predicted octanol–water partition coefficient (Wildman–Crippen LogP) is 2.53. The molecule has 0 amide bonds. The highest BCUT2D eigenvalue weighted by molar-refractivity contribution is 5.74. The van der Waals surface area contributed by atoms with Crippen molar-refractivity contribution in [1.82, 2.24) is 0 Å². The molecule has 1 rings (SSSR count). The van der Waals surface area contributed by atoms with Gasteiger partial charge in [0.25, 0.3) is 0 Å². The molecule has 12 heavy (non-hydrogen) atoms. The summed E-state index contributed by atoms with van der Waals surface area (Å²) in [4.78, 5) is 11.0. The van der Waals surface area contributed by atoms with E-state index in [2.05, 4.69) is 13.8 Å². The molecule has 2 heteroatoms. The average molecular weight is 170 g/mol. The van der Waals surface area contributed by atoms with Crippen LogP contribution in [0.4, 0.5) is 0 Å².